The quantitative estimate of drug-likeness (QED) is 0.851. The molecule has 0 spiro atoms. The number of rotatable bonds is 6. The molecule has 2 N–H and O–H groups in total. The van der Waals surface area contributed by atoms with E-state index >= 15 is 0 Å². The Kier molecular flexibility index (Phi) is 4.54. The van der Waals surface area contributed by atoms with Crippen molar-refractivity contribution < 1.29 is 14.3 Å². The number of carboxylic acids is 1. The normalized spacial score (nSPS) is 12.8. The van der Waals surface area contributed by atoms with Gasteiger partial charge in [-0.15, -0.1) is 0 Å². The lowest BCUT2D eigenvalue weighted by Crippen LogP contribution is -2.32. The van der Waals surface area contributed by atoms with E-state index in [9.17, 15) is 14.7 Å². The standard InChI is InChI=1S/C15H21N3O4/c1-5-10(15(20)21)18-14(19)9-7-11(16-6-2)22-13(9)12(17-18)8(3)4/h7-8,10,16H,5-6H2,1-4H3,(H,20,21). The van der Waals surface area contributed by atoms with Crippen LogP contribution in [0.1, 0.15) is 51.8 Å². The maximum Gasteiger partial charge on any atom is 0.328 e. The Morgan fingerprint density at radius 2 is 2.14 bits per heavy atom. The number of carboxylic acid groups (broad SMARTS) is 1. The first-order valence-electron chi connectivity index (χ1n) is 7.43. The van der Waals surface area contributed by atoms with Gasteiger partial charge < -0.3 is 14.8 Å². The van der Waals surface area contributed by atoms with Crippen molar-refractivity contribution in [2.45, 2.75) is 46.1 Å². The minimum Gasteiger partial charge on any atom is -0.480 e. The van der Waals surface area contributed by atoms with E-state index in [1.165, 1.54) is 0 Å². The van der Waals surface area contributed by atoms with Crippen molar-refractivity contribution in [3.8, 4) is 0 Å². The van der Waals surface area contributed by atoms with Gasteiger partial charge in [-0.05, 0) is 13.3 Å². The molecule has 1 atom stereocenters. The third-order valence-electron chi connectivity index (χ3n) is 3.48. The average Bonchev–Trinajstić information content (AvgIpc) is 2.86. The number of aliphatic carboxylic acids is 1. The zero-order valence-corrected chi connectivity index (χ0v) is 13.2. The SMILES string of the molecule is CCNc1cc2c(=O)n(C(CC)C(=O)O)nc(C(C)C)c2o1. The van der Waals surface area contributed by atoms with E-state index in [0.717, 1.165) is 4.68 Å². The number of nitrogens with zero attached hydrogens (tertiary/aromatic N) is 2. The molecule has 0 bridgehead atoms. The summed E-state index contributed by atoms with van der Waals surface area (Å²) < 4.78 is 6.74. The molecule has 7 nitrogen and oxygen atoms in total. The Balaban J connectivity index is 2.76. The van der Waals surface area contributed by atoms with Gasteiger partial charge in [0.15, 0.2) is 17.5 Å². The number of nitrogens with one attached hydrogen (secondary N) is 1. The molecule has 2 aromatic heterocycles. The van der Waals surface area contributed by atoms with Crippen LogP contribution < -0.4 is 10.9 Å². The van der Waals surface area contributed by atoms with Crippen LogP contribution in [-0.2, 0) is 4.79 Å². The van der Waals surface area contributed by atoms with Crippen LogP contribution in [0.4, 0.5) is 5.88 Å². The van der Waals surface area contributed by atoms with Crippen LogP contribution in [0.3, 0.4) is 0 Å². The fourth-order valence-electron chi connectivity index (χ4n) is 2.37. The zero-order chi connectivity index (χ0) is 16.4. The van der Waals surface area contributed by atoms with Gasteiger partial charge >= 0.3 is 5.97 Å². The van der Waals surface area contributed by atoms with Crippen molar-refractivity contribution in [2.75, 3.05) is 11.9 Å². The highest BCUT2D eigenvalue weighted by atomic mass is 16.4. The van der Waals surface area contributed by atoms with Crippen molar-refractivity contribution >= 4 is 22.8 Å². The van der Waals surface area contributed by atoms with E-state index < -0.39 is 17.6 Å². The van der Waals surface area contributed by atoms with Gasteiger partial charge in [-0.25, -0.2) is 9.48 Å². The Labute approximate surface area is 127 Å². The van der Waals surface area contributed by atoms with E-state index in [1.807, 2.05) is 20.8 Å². The predicted molar refractivity (Wildman–Crippen MR) is 83.5 cm³/mol. The number of aromatic nitrogens is 2. The van der Waals surface area contributed by atoms with E-state index in [1.54, 1.807) is 13.0 Å². The molecule has 120 valence electrons. The third-order valence-corrected chi connectivity index (χ3v) is 3.48. The van der Waals surface area contributed by atoms with Crippen LogP contribution in [0.2, 0.25) is 0 Å². The molecule has 0 radical (unpaired) electrons. The van der Waals surface area contributed by atoms with Gasteiger partial charge in [-0.3, -0.25) is 4.79 Å². The summed E-state index contributed by atoms with van der Waals surface area (Å²) in [5.41, 5.74) is 0.562. The third kappa shape index (κ3) is 2.70. The van der Waals surface area contributed by atoms with E-state index in [0.29, 0.717) is 29.1 Å². The summed E-state index contributed by atoms with van der Waals surface area (Å²) in [6.07, 6.45) is 0.281. The van der Waals surface area contributed by atoms with Gasteiger partial charge in [-0.2, -0.15) is 5.10 Å². The molecule has 0 saturated carbocycles. The second kappa shape index (κ2) is 6.21. The van der Waals surface area contributed by atoms with Crippen LogP contribution in [0.25, 0.3) is 11.0 Å². The monoisotopic (exact) mass is 307 g/mol. The molecule has 2 heterocycles. The van der Waals surface area contributed by atoms with Crippen LogP contribution in [0, 0.1) is 0 Å². The Bertz CT molecular complexity index is 745. The number of hydrogen-bond donors (Lipinski definition) is 2. The molecule has 0 fully saturated rings. The summed E-state index contributed by atoms with van der Waals surface area (Å²) in [6.45, 7) is 8.14. The maximum absolute atomic E-state index is 12.6. The lowest BCUT2D eigenvalue weighted by Gasteiger charge is -2.15. The molecule has 0 aromatic carbocycles. The van der Waals surface area contributed by atoms with Gasteiger partial charge in [0, 0.05) is 18.5 Å². The van der Waals surface area contributed by atoms with Crippen molar-refractivity contribution in [3.63, 3.8) is 0 Å². The van der Waals surface area contributed by atoms with Crippen LogP contribution in [0.15, 0.2) is 15.3 Å². The summed E-state index contributed by atoms with van der Waals surface area (Å²) in [5, 5.41) is 16.9. The second-order valence-corrected chi connectivity index (χ2v) is 5.44. The van der Waals surface area contributed by atoms with Gasteiger partial charge in [-0.1, -0.05) is 20.8 Å². The molecule has 0 aliphatic heterocycles. The summed E-state index contributed by atoms with van der Waals surface area (Å²) in [7, 11) is 0. The number of fused-ring (bicyclic) bond motifs is 1. The molecule has 0 aliphatic rings. The first-order chi connectivity index (χ1) is 10.4. The Morgan fingerprint density at radius 3 is 2.64 bits per heavy atom. The Morgan fingerprint density at radius 1 is 1.45 bits per heavy atom. The fraction of sp³-hybridized carbons (Fsp3) is 0.533. The molecule has 22 heavy (non-hydrogen) atoms. The van der Waals surface area contributed by atoms with E-state index in [2.05, 4.69) is 10.4 Å². The summed E-state index contributed by atoms with van der Waals surface area (Å²) in [4.78, 5) is 23.9. The minimum atomic E-state index is -1.07. The molecule has 2 aromatic rings. The van der Waals surface area contributed by atoms with Gasteiger partial charge in [0.05, 0.1) is 5.39 Å². The highest BCUT2D eigenvalue weighted by molar-refractivity contribution is 5.82. The maximum atomic E-state index is 12.6. The van der Waals surface area contributed by atoms with Crippen molar-refractivity contribution in [2.24, 2.45) is 0 Å². The molecular weight excluding hydrogens is 286 g/mol. The number of hydrogen-bond acceptors (Lipinski definition) is 5. The topological polar surface area (TPSA) is 97.4 Å². The minimum absolute atomic E-state index is 0.00118. The van der Waals surface area contributed by atoms with E-state index in [-0.39, 0.29) is 12.3 Å². The molecular formula is C15H21N3O4. The zero-order valence-electron chi connectivity index (χ0n) is 13.2. The van der Waals surface area contributed by atoms with Gasteiger partial charge in [0.25, 0.3) is 5.56 Å². The summed E-state index contributed by atoms with van der Waals surface area (Å²) in [5.74, 6) is -0.581. The van der Waals surface area contributed by atoms with Crippen LogP contribution in [0.5, 0.6) is 0 Å². The van der Waals surface area contributed by atoms with Crippen molar-refractivity contribution in [1.29, 1.82) is 0 Å². The lowest BCUT2D eigenvalue weighted by molar-refractivity contribution is -0.141. The van der Waals surface area contributed by atoms with Crippen molar-refractivity contribution in [3.05, 3.63) is 22.1 Å². The van der Waals surface area contributed by atoms with E-state index in [4.69, 9.17) is 4.42 Å². The molecule has 1 unspecified atom stereocenters. The van der Waals surface area contributed by atoms with Crippen LogP contribution >= 0.6 is 0 Å². The number of furan rings is 1. The predicted octanol–water partition coefficient (Wildman–Crippen LogP) is 2.58. The smallest absolute Gasteiger partial charge is 0.328 e. The first-order valence-corrected chi connectivity index (χ1v) is 7.43. The van der Waals surface area contributed by atoms with Gasteiger partial charge in [0.2, 0.25) is 0 Å². The second-order valence-electron chi connectivity index (χ2n) is 5.44. The highest BCUT2D eigenvalue weighted by Gasteiger charge is 2.25. The fourth-order valence-corrected chi connectivity index (χ4v) is 2.37. The lowest BCUT2D eigenvalue weighted by atomic mass is 10.1. The van der Waals surface area contributed by atoms with Crippen molar-refractivity contribution in [1.82, 2.24) is 9.78 Å². The Hall–Kier alpha value is -2.31. The number of anilines is 1. The number of carbonyl (C=O) groups is 1. The average molecular weight is 307 g/mol. The molecule has 0 amide bonds. The van der Waals surface area contributed by atoms with Gasteiger partial charge in [0.1, 0.15) is 5.69 Å². The highest BCUT2D eigenvalue weighted by Crippen LogP contribution is 2.27. The van der Waals surface area contributed by atoms with Crippen LogP contribution in [-0.4, -0.2) is 27.4 Å². The summed E-state index contributed by atoms with van der Waals surface area (Å²) in [6, 6.07) is 0.631. The first kappa shape index (κ1) is 16.1. The summed E-state index contributed by atoms with van der Waals surface area (Å²) >= 11 is 0. The molecule has 7 heteroatoms. The molecule has 2 rings (SSSR count). The largest absolute Gasteiger partial charge is 0.480 e. The molecule has 0 aliphatic carbocycles. The molecule has 0 saturated heterocycles.